The molecular weight excluding hydrogens is 592 g/mol. The fourth-order valence-corrected chi connectivity index (χ4v) is 5.44. The molecule has 1 aliphatic carbocycles. The lowest BCUT2D eigenvalue weighted by Crippen LogP contribution is -2.36. The maximum Gasteiger partial charge on any atom is 0.416 e. The minimum Gasteiger partial charge on any atom is -0.496 e. The Bertz CT molecular complexity index is 1380. The zero-order chi connectivity index (χ0) is 33.3. The molecule has 0 unspecified atom stereocenters. The smallest absolute Gasteiger partial charge is 0.416 e. The Morgan fingerprint density at radius 2 is 1.61 bits per heavy atom. The summed E-state index contributed by atoms with van der Waals surface area (Å²) >= 11 is 0. The van der Waals surface area contributed by atoms with Crippen molar-refractivity contribution in [2.75, 3.05) is 13.7 Å². The number of allylic oxidation sites excluding steroid dienone is 1. The number of aliphatic carboxylic acids is 1. The van der Waals surface area contributed by atoms with Crippen LogP contribution in [0.3, 0.4) is 0 Å². The number of carbonyl (C=O) groups excluding carboxylic acids is 1. The van der Waals surface area contributed by atoms with Crippen molar-refractivity contribution in [1.82, 2.24) is 5.32 Å². The fraction of sp³-hybridized carbons (Fsp3) is 0.500. The fourth-order valence-electron chi connectivity index (χ4n) is 5.44. The van der Waals surface area contributed by atoms with Gasteiger partial charge in [0.2, 0.25) is 0 Å². The van der Waals surface area contributed by atoms with Crippen molar-refractivity contribution >= 4 is 18.0 Å². The molecule has 0 fully saturated rings. The van der Waals surface area contributed by atoms with Gasteiger partial charge in [0.25, 0.3) is 6.47 Å². The number of halogens is 6. The molecule has 3 rings (SSSR count). The number of carbonyl (C=O) groups is 2. The quantitative estimate of drug-likeness (QED) is 0.194. The first-order chi connectivity index (χ1) is 20.2. The van der Waals surface area contributed by atoms with Gasteiger partial charge in [-0.2, -0.15) is 26.3 Å². The molecule has 6 nitrogen and oxygen atoms in total. The Morgan fingerprint density at radius 3 is 2.11 bits per heavy atom. The molecule has 242 valence electrons. The minimum absolute atomic E-state index is 0.00858. The third kappa shape index (κ3) is 7.94. The molecular formula is C32H37F6NO5. The van der Waals surface area contributed by atoms with Crippen LogP contribution in [0.2, 0.25) is 0 Å². The van der Waals surface area contributed by atoms with E-state index in [0.717, 1.165) is 17.6 Å². The summed E-state index contributed by atoms with van der Waals surface area (Å²) in [6.45, 7) is 9.00. The van der Waals surface area contributed by atoms with Crippen LogP contribution in [0.5, 0.6) is 5.75 Å². The molecule has 2 aromatic rings. The molecule has 0 amide bonds. The number of ether oxygens (including phenoxy) is 2. The van der Waals surface area contributed by atoms with E-state index >= 15 is 0 Å². The number of benzene rings is 2. The van der Waals surface area contributed by atoms with Gasteiger partial charge in [0.15, 0.2) is 0 Å². The first kappa shape index (κ1) is 34.9. The van der Waals surface area contributed by atoms with Crippen molar-refractivity contribution in [3.8, 4) is 5.75 Å². The second kappa shape index (κ2) is 12.8. The van der Waals surface area contributed by atoms with E-state index in [9.17, 15) is 41.0 Å². The molecule has 0 spiro atoms. The van der Waals surface area contributed by atoms with Gasteiger partial charge in [0, 0.05) is 18.2 Å². The Morgan fingerprint density at radius 1 is 1.02 bits per heavy atom. The second-order valence-corrected chi connectivity index (χ2v) is 12.4. The van der Waals surface area contributed by atoms with Gasteiger partial charge in [0.05, 0.1) is 23.7 Å². The second-order valence-electron chi connectivity index (χ2n) is 12.4. The normalized spacial score (nSPS) is 17.2. The number of hydrogen-bond donors (Lipinski definition) is 2. The van der Waals surface area contributed by atoms with Crippen LogP contribution in [0, 0.1) is 5.41 Å². The van der Waals surface area contributed by atoms with Crippen molar-refractivity contribution in [3.05, 3.63) is 69.8 Å². The van der Waals surface area contributed by atoms with Gasteiger partial charge in [0.1, 0.15) is 11.9 Å². The zero-order valence-corrected chi connectivity index (χ0v) is 25.4. The van der Waals surface area contributed by atoms with Gasteiger partial charge < -0.3 is 19.9 Å². The van der Waals surface area contributed by atoms with Crippen LogP contribution in [0.15, 0.2) is 42.0 Å². The lowest BCUT2D eigenvalue weighted by molar-refractivity contribution is -0.144. The molecule has 44 heavy (non-hydrogen) atoms. The van der Waals surface area contributed by atoms with Gasteiger partial charge in [-0.3, -0.25) is 9.59 Å². The minimum atomic E-state index is -5.06. The highest BCUT2D eigenvalue weighted by Gasteiger charge is 2.39. The van der Waals surface area contributed by atoms with E-state index in [-0.39, 0.29) is 24.5 Å². The first-order valence-electron chi connectivity index (χ1n) is 14.0. The third-order valence-corrected chi connectivity index (χ3v) is 8.18. The molecule has 0 aromatic heterocycles. The van der Waals surface area contributed by atoms with E-state index in [1.54, 1.807) is 32.0 Å². The van der Waals surface area contributed by atoms with E-state index in [2.05, 4.69) is 19.2 Å². The number of carboxylic acid groups (broad SMARTS) is 1. The summed E-state index contributed by atoms with van der Waals surface area (Å²) in [5, 5.41) is 12.9. The van der Waals surface area contributed by atoms with E-state index in [0.29, 0.717) is 41.9 Å². The molecule has 0 heterocycles. The van der Waals surface area contributed by atoms with Crippen molar-refractivity contribution in [2.45, 2.75) is 83.8 Å². The molecule has 0 aliphatic heterocycles. The van der Waals surface area contributed by atoms with Crippen LogP contribution in [0.4, 0.5) is 26.3 Å². The summed E-state index contributed by atoms with van der Waals surface area (Å²) in [6, 6.07) is 5.40. The highest BCUT2D eigenvalue weighted by Crippen LogP contribution is 2.45. The third-order valence-electron chi connectivity index (χ3n) is 8.18. The van der Waals surface area contributed by atoms with Gasteiger partial charge in [-0.05, 0) is 92.5 Å². The van der Waals surface area contributed by atoms with Crippen molar-refractivity contribution in [2.24, 2.45) is 5.41 Å². The molecule has 12 heteroatoms. The highest BCUT2D eigenvalue weighted by molar-refractivity contribution is 5.82. The Labute approximate surface area is 252 Å². The van der Waals surface area contributed by atoms with Gasteiger partial charge in [-0.15, -0.1) is 0 Å². The van der Waals surface area contributed by atoms with Crippen molar-refractivity contribution in [3.63, 3.8) is 0 Å². The predicted octanol–water partition coefficient (Wildman–Crippen LogP) is 7.95. The molecule has 0 radical (unpaired) electrons. The molecule has 0 saturated heterocycles. The SMILES string of the molecule is COc1ccc(C(C)(C)C(=O)O)cc1C1=C(CN[C@@H](C)[C@H](OC=O)c2cc(C(F)(F)F)cc(C(F)(F)F)c2)CC(C)(C)CC1. The molecule has 0 saturated carbocycles. The largest absolute Gasteiger partial charge is 0.496 e. The number of methoxy groups -OCH3 is 1. The van der Waals surface area contributed by atoms with Gasteiger partial charge in [-0.25, -0.2) is 0 Å². The number of nitrogens with one attached hydrogen (secondary N) is 1. The summed E-state index contributed by atoms with van der Waals surface area (Å²) in [7, 11) is 1.50. The maximum atomic E-state index is 13.5. The Balaban J connectivity index is 2.05. The van der Waals surface area contributed by atoms with Crippen LogP contribution < -0.4 is 10.1 Å². The van der Waals surface area contributed by atoms with Crippen LogP contribution in [-0.2, 0) is 32.1 Å². The summed E-state index contributed by atoms with van der Waals surface area (Å²) in [6.07, 6.45) is -9.58. The molecule has 2 atom stereocenters. The zero-order valence-electron chi connectivity index (χ0n) is 25.4. The molecule has 0 bridgehead atoms. The molecule has 2 aromatic carbocycles. The highest BCUT2D eigenvalue weighted by atomic mass is 19.4. The summed E-state index contributed by atoms with van der Waals surface area (Å²) < 4.78 is 91.8. The lowest BCUT2D eigenvalue weighted by Gasteiger charge is -2.35. The van der Waals surface area contributed by atoms with Gasteiger partial charge in [-0.1, -0.05) is 25.5 Å². The number of alkyl halides is 6. The standard InChI is InChI=1S/C32H37F6NO5/c1-18(27(44-17-40)19-11-22(31(33,34)35)13-23(12-19)32(36,37)38)39-16-20-15-29(2,3)10-9-24(20)25-14-21(7-8-26(25)43-6)30(4,5)28(41)42/h7-8,11-14,17-18,27,39H,9-10,15-16H2,1-6H3,(H,41,42)/t18-,27-/m0/s1. The molecule has 2 N–H and O–H groups in total. The van der Waals surface area contributed by atoms with Crippen molar-refractivity contribution in [1.29, 1.82) is 0 Å². The average molecular weight is 630 g/mol. The van der Waals surface area contributed by atoms with Crippen LogP contribution in [-0.4, -0.2) is 37.2 Å². The Hall–Kier alpha value is -3.54. The van der Waals surface area contributed by atoms with E-state index < -0.39 is 52.6 Å². The average Bonchev–Trinajstić information content (AvgIpc) is 2.92. The number of hydrogen-bond acceptors (Lipinski definition) is 5. The molecule has 1 aliphatic rings. The number of carboxylic acids is 1. The van der Waals surface area contributed by atoms with E-state index in [1.807, 2.05) is 0 Å². The van der Waals surface area contributed by atoms with Gasteiger partial charge >= 0.3 is 18.3 Å². The van der Waals surface area contributed by atoms with E-state index in [4.69, 9.17) is 9.47 Å². The van der Waals surface area contributed by atoms with E-state index in [1.165, 1.54) is 14.0 Å². The summed E-state index contributed by atoms with van der Waals surface area (Å²) in [4.78, 5) is 23.3. The monoisotopic (exact) mass is 629 g/mol. The summed E-state index contributed by atoms with van der Waals surface area (Å²) in [5.41, 5.74) is -1.73. The first-order valence-corrected chi connectivity index (χ1v) is 14.0. The van der Waals surface area contributed by atoms with Crippen LogP contribution >= 0.6 is 0 Å². The Kier molecular flexibility index (Phi) is 10.2. The predicted molar refractivity (Wildman–Crippen MR) is 152 cm³/mol. The number of rotatable bonds is 11. The topological polar surface area (TPSA) is 84.9 Å². The summed E-state index contributed by atoms with van der Waals surface area (Å²) in [5.74, 6) is -0.478. The maximum absolute atomic E-state index is 13.5. The lowest BCUT2D eigenvalue weighted by atomic mass is 9.72. The van der Waals surface area contributed by atoms with Crippen LogP contribution in [0.25, 0.3) is 5.57 Å². The van der Waals surface area contributed by atoms with Crippen molar-refractivity contribution < 1.29 is 50.5 Å². The van der Waals surface area contributed by atoms with Crippen LogP contribution in [0.1, 0.15) is 87.8 Å².